The molecule has 0 amide bonds. The number of aromatic nitrogens is 1. The van der Waals surface area contributed by atoms with Crippen LogP contribution in [0.5, 0.6) is 5.75 Å². The Balaban J connectivity index is 2.02. The Morgan fingerprint density at radius 3 is 2.83 bits per heavy atom. The SMILES string of the molecule is Cc1ccc2[nH]cc(C3C(C#N)=C(N)Oc4ccccc43)c2c1. The van der Waals surface area contributed by atoms with Crippen molar-refractivity contribution in [2.24, 2.45) is 5.73 Å². The number of nitriles is 1. The molecule has 1 atom stereocenters. The first kappa shape index (κ1) is 13.5. The first-order valence-corrected chi connectivity index (χ1v) is 7.43. The Kier molecular flexibility index (Phi) is 2.88. The molecule has 0 saturated heterocycles. The summed E-state index contributed by atoms with van der Waals surface area (Å²) < 4.78 is 5.62. The lowest BCUT2D eigenvalue weighted by molar-refractivity contribution is 0.394. The van der Waals surface area contributed by atoms with Crippen LogP contribution in [0.2, 0.25) is 0 Å². The maximum Gasteiger partial charge on any atom is 0.205 e. The van der Waals surface area contributed by atoms with E-state index in [-0.39, 0.29) is 11.8 Å². The smallest absolute Gasteiger partial charge is 0.205 e. The molecule has 2 aromatic carbocycles. The molecule has 3 N–H and O–H groups in total. The fourth-order valence-electron chi connectivity index (χ4n) is 3.22. The van der Waals surface area contributed by atoms with Crippen LogP contribution in [-0.2, 0) is 0 Å². The van der Waals surface area contributed by atoms with Crippen molar-refractivity contribution in [1.82, 2.24) is 4.98 Å². The highest BCUT2D eigenvalue weighted by atomic mass is 16.5. The quantitative estimate of drug-likeness (QED) is 0.719. The molecule has 1 unspecified atom stereocenters. The van der Waals surface area contributed by atoms with Crippen molar-refractivity contribution in [3.63, 3.8) is 0 Å². The van der Waals surface area contributed by atoms with Gasteiger partial charge in [0.1, 0.15) is 17.4 Å². The number of fused-ring (bicyclic) bond motifs is 2. The predicted molar refractivity (Wildman–Crippen MR) is 88.8 cm³/mol. The van der Waals surface area contributed by atoms with Crippen LogP contribution in [0, 0.1) is 18.3 Å². The van der Waals surface area contributed by atoms with Crippen molar-refractivity contribution >= 4 is 10.9 Å². The van der Waals surface area contributed by atoms with Crippen LogP contribution >= 0.6 is 0 Å². The summed E-state index contributed by atoms with van der Waals surface area (Å²) in [7, 11) is 0. The summed E-state index contributed by atoms with van der Waals surface area (Å²) in [6, 6.07) is 16.2. The van der Waals surface area contributed by atoms with Gasteiger partial charge in [0.2, 0.25) is 5.88 Å². The van der Waals surface area contributed by atoms with E-state index in [9.17, 15) is 5.26 Å². The van der Waals surface area contributed by atoms with Crippen LogP contribution in [0.1, 0.15) is 22.6 Å². The molecule has 4 heteroatoms. The maximum absolute atomic E-state index is 9.60. The number of benzene rings is 2. The van der Waals surface area contributed by atoms with Gasteiger partial charge in [0, 0.05) is 22.7 Å². The fourth-order valence-corrected chi connectivity index (χ4v) is 3.22. The summed E-state index contributed by atoms with van der Waals surface area (Å²) in [6.07, 6.45) is 1.96. The van der Waals surface area contributed by atoms with Gasteiger partial charge in [0.05, 0.1) is 5.92 Å². The largest absolute Gasteiger partial charge is 0.440 e. The summed E-state index contributed by atoms with van der Waals surface area (Å²) in [6.45, 7) is 2.06. The van der Waals surface area contributed by atoms with Crippen molar-refractivity contribution in [2.75, 3.05) is 0 Å². The molecule has 1 aliphatic rings. The normalized spacial score (nSPS) is 16.8. The fraction of sp³-hybridized carbons (Fsp3) is 0.105. The average molecular weight is 301 g/mol. The van der Waals surface area contributed by atoms with E-state index in [0.29, 0.717) is 11.3 Å². The van der Waals surface area contributed by atoms with Gasteiger partial charge >= 0.3 is 0 Å². The zero-order valence-corrected chi connectivity index (χ0v) is 12.6. The van der Waals surface area contributed by atoms with Crippen LogP contribution in [0.15, 0.2) is 60.1 Å². The Morgan fingerprint density at radius 2 is 2.00 bits per heavy atom. The third-order valence-electron chi connectivity index (χ3n) is 4.30. The number of allylic oxidation sites excluding steroid dienone is 1. The minimum absolute atomic E-state index is 0.179. The van der Waals surface area contributed by atoms with Crippen molar-refractivity contribution in [1.29, 1.82) is 5.26 Å². The molecule has 0 fully saturated rings. The van der Waals surface area contributed by atoms with E-state index in [0.717, 1.165) is 22.0 Å². The van der Waals surface area contributed by atoms with Gasteiger partial charge in [-0.3, -0.25) is 0 Å². The number of hydrogen-bond acceptors (Lipinski definition) is 3. The second kappa shape index (κ2) is 4.92. The minimum atomic E-state index is -0.222. The maximum atomic E-state index is 9.60. The topological polar surface area (TPSA) is 74.8 Å². The minimum Gasteiger partial charge on any atom is -0.440 e. The van der Waals surface area contributed by atoms with Gasteiger partial charge in [-0.15, -0.1) is 0 Å². The second-order valence-electron chi connectivity index (χ2n) is 5.76. The Hall–Kier alpha value is -3.19. The number of para-hydroxylation sites is 1. The van der Waals surface area contributed by atoms with Crippen LogP contribution in [-0.4, -0.2) is 4.98 Å². The van der Waals surface area contributed by atoms with E-state index in [4.69, 9.17) is 10.5 Å². The van der Waals surface area contributed by atoms with Gasteiger partial charge in [-0.1, -0.05) is 29.8 Å². The van der Waals surface area contributed by atoms with E-state index >= 15 is 0 Å². The lowest BCUT2D eigenvalue weighted by Gasteiger charge is -2.25. The Bertz CT molecular complexity index is 991. The van der Waals surface area contributed by atoms with Crippen molar-refractivity contribution in [3.05, 3.63) is 76.8 Å². The standard InChI is InChI=1S/C19H15N3O/c1-11-6-7-16-13(8-11)15(10-22-16)18-12-4-2-3-5-17(12)23-19(21)14(18)9-20/h2-8,10,18,22H,21H2,1H3. The molecule has 112 valence electrons. The highest BCUT2D eigenvalue weighted by Gasteiger charge is 2.31. The van der Waals surface area contributed by atoms with E-state index in [1.807, 2.05) is 30.5 Å². The molecule has 0 saturated carbocycles. The summed E-state index contributed by atoms with van der Waals surface area (Å²) >= 11 is 0. The molecule has 4 rings (SSSR count). The van der Waals surface area contributed by atoms with Gasteiger partial charge in [-0.05, 0) is 30.7 Å². The number of nitrogens with zero attached hydrogens (tertiary/aromatic N) is 1. The first-order chi connectivity index (χ1) is 11.2. The summed E-state index contributed by atoms with van der Waals surface area (Å²) in [5, 5.41) is 10.7. The number of nitrogens with two attached hydrogens (primary N) is 1. The molecular formula is C19H15N3O. The molecule has 0 aliphatic carbocycles. The second-order valence-corrected chi connectivity index (χ2v) is 5.76. The summed E-state index contributed by atoms with van der Waals surface area (Å²) in [4.78, 5) is 3.29. The zero-order chi connectivity index (χ0) is 16.0. The third kappa shape index (κ3) is 1.98. The number of H-pyrrole nitrogens is 1. The molecule has 23 heavy (non-hydrogen) atoms. The van der Waals surface area contributed by atoms with Gasteiger partial charge in [-0.25, -0.2) is 0 Å². The van der Waals surface area contributed by atoms with Gasteiger partial charge in [0.25, 0.3) is 0 Å². The van der Waals surface area contributed by atoms with Gasteiger partial charge in [0.15, 0.2) is 0 Å². The molecule has 1 aliphatic heterocycles. The number of ether oxygens (including phenoxy) is 1. The van der Waals surface area contributed by atoms with E-state index < -0.39 is 0 Å². The highest BCUT2D eigenvalue weighted by Crippen LogP contribution is 2.43. The van der Waals surface area contributed by atoms with E-state index in [1.165, 1.54) is 5.56 Å². The first-order valence-electron chi connectivity index (χ1n) is 7.43. The monoisotopic (exact) mass is 301 g/mol. The predicted octanol–water partition coefficient (Wildman–Crippen LogP) is 3.69. The lowest BCUT2D eigenvalue weighted by atomic mass is 9.83. The van der Waals surface area contributed by atoms with Crippen molar-refractivity contribution in [2.45, 2.75) is 12.8 Å². The molecule has 1 aromatic heterocycles. The number of aryl methyl sites for hydroxylation is 1. The van der Waals surface area contributed by atoms with Gasteiger partial charge < -0.3 is 15.5 Å². The molecule has 3 aromatic rings. The molecule has 0 radical (unpaired) electrons. The van der Waals surface area contributed by atoms with Crippen LogP contribution in [0.3, 0.4) is 0 Å². The van der Waals surface area contributed by atoms with Crippen molar-refractivity contribution < 1.29 is 4.74 Å². The molecule has 0 spiro atoms. The van der Waals surface area contributed by atoms with E-state index in [1.54, 1.807) is 0 Å². The lowest BCUT2D eigenvalue weighted by Crippen LogP contribution is -2.20. The summed E-state index contributed by atoms with van der Waals surface area (Å²) in [5.74, 6) is 0.662. The van der Waals surface area contributed by atoms with Gasteiger partial charge in [-0.2, -0.15) is 5.26 Å². The molecule has 4 nitrogen and oxygen atoms in total. The molecular weight excluding hydrogens is 286 g/mol. The molecule has 0 bridgehead atoms. The number of aromatic amines is 1. The highest BCUT2D eigenvalue weighted by molar-refractivity contribution is 5.86. The summed E-state index contributed by atoms with van der Waals surface area (Å²) in [5.41, 5.74) is 10.7. The molecule has 2 heterocycles. The Labute approximate surface area is 133 Å². The number of hydrogen-bond donors (Lipinski definition) is 2. The number of rotatable bonds is 1. The van der Waals surface area contributed by atoms with E-state index in [2.05, 4.69) is 36.2 Å². The van der Waals surface area contributed by atoms with Crippen LogP contribution in [0.4, 0.5) is 0 Å². The van der Waals surface area contributed by atoms with Crippen LogP contribution in [0.25, 0.3) is 10.9 Å². The Morgan fingerprint density at radius 1 is 1.17 bits per heavy atom. The average Bonchev–Trinajstić information content (AvgIpc) is 2.96. The van der Waals surface area contributed by atoms with Crippen LogP contribution < -0.4 is 10.5 Å². The van der Waals surface area contributed by atoms with Crippen molar-refractivity contribution in [3.8, 4) is 11.8 Å². The number of nitrogens with one attached hydrogen (secondary N) is 1. The third-order valence-corrected chi connectivity index (χ3v) is 4.30. The zero-order valence-electron chi connectivity index (χ0n) is 12.6.